The number of nitrogens with zero attached hydrogens (tertiary/aromatic N) is 3. The Labute approximate surface area is 102 Å². The van der Waals surface area contributed by atoms with E-state index in [0.29, 0.717) is 12.8 Å². The minimum atomic E-state index is -0.851. The highest BCUT2D eigenvalue weighted by atomic mass is 16.5. The molecule has 5 heteroatoms. The van der Waals surface area contributed by atoms with Crippen molar-refractivity contribution in [3.8, 4) is 0 Å². The fourth-order valence-electron chi connectivity index (χ4n) is 2.73. The Kier molecular flexibility index (Phi) is 3.49. The molecule has 2 atom stereocenters. The minimum Gasteiger partial charge on any atom is -0.383 e. The maximum absolute atomic E-state index is 10.8. The Morgan fingerprint density at radius 1 is 1.47 bits per heavy atom. The van der Waals surface area contributed by atoms with Crippen LogP contribution in [0.25, 0.3) is 0 Å². The lowest BCUT2D eigenvalue weighted by atomic mass is 9.85. The van der Waals surface area contributed by atoms with Gasteiger partial charge in [0.1, 0.15) is 5.60 Å². The van der Waals surface area contributed by atoms with E-state index in [1.54, 1.807) is 6.20 Å². The van der Waals surface area contributed by atoms with Crippen LogP contribution in [-0.4, -0.2) is 32.3 Å². The van der Waals surface area contributed by atoms with Crippen molar-refractivity contribution in [1.29, 1.82) is 0 Å². The fraction of sp³-hybridized carbons (Fsp3) is 0.833. The van der Waals surface area contributed by atoms with Crippen LogP contribution in [0.4, 0.5) is 0 Å². The molecule has 1 aliphatic rings. The van der Waals surface area contributed by atoms with E-state index < -0.39 is 5.60 Å². The summed E-state index contributed by atoms with van der Waals surface area (Å²) in [7, 11) is 0. The standard InChI is InChI=1S/C12H21N3O2/c1-4-5-15-11(8-13-14-15)12(16)6-9(2)17-10(3)7-12/h8-10,16H,4-7H2,1-3H3. The van der Waals surface area contributed by atoms with E-state index in [1.165, 1.54) is 0 Å². The molecule has 1 aliphatic heterocycles. The maximum Gasteiger partial charge on any atom is 0.113 e. The second-order valence-electron chi connectivity index (χ2n) is 5.04. The van der Waals surface area contributed by atoms with Gasteiger partial charge < -0.3 is 9.84 Å². The first kappa shape index (κ1) is 12.5. The molecule has 1 aromatic heterocycles. The average molecular weight is 239 g/mol. The first-order chi connectivity index (χ1) is 8.05. The number of hydrogen-bond acceptors (Lipinski definition) is 4. The second-order valence-corrected chi connectivity index (χ2v) is 5.04. The van der Waals surface area contributed by atoms with E-state index in [2.05, 4.69) is 17.2 Å². The van der Waals surface area contributed by atoms with E-state index in [-0.39, 0.29) is 12.2 Å². The molecule has 1 N–H and O–H groups in total. The lowest BCUT2D eigenvalue weighted by Gasteiger charge is -2.38. The Hall–Kier alpha value is -0.940. The number of hydrogen-bond donors (Lipinski definition) is 1. The first-order valence-electron chi connectivity index (χ1n) is 6.32. The largest absolute Gasteiger partial charge is 0.383 e. The van der Waals surface area contributed by atoms with E-state index in [1.807, 2.05) is 18.5 Å². The van der Waals surface area contributed by atoms with Gasteiger partial charge in [0.2, 0.25) is 0 Å². The lowest BCUT2D eigenvalue weighted by Crippen LogP contribution is -2.42. The highest BCUT2D eigenvalue weighted by Crippen LogP contribution is 2.36. The Bertz CT molecular complexity index is 368. The average Bonchev–Trinajstić information content (AvgIpc) is 2.64. The third kappa shape index (κ3) is 2.50. The van der Waals surface area contributed by atoms with Crippen molar-refractivity contribution in [1.82, 2.24) is 15.0 Å². The summed E-state index contributed by atoms with van der Waals surface area (Å²) in [5.41, 5.74) is -0.0307. The molecule has 2 rings (SSSR count). The third-order valence-electron chi connectivity index (χ3n) is 3.24. The predicted octanol–water partition coefficient (Wildman–Crippen LogP) is 1.46. The van der Waals surface area contributed by atoms with Crippen molar-refractivity contribution in [3.63, 3.8) is 0 Å². The quantitative estimate of drug-likeness (QED) is 0.867. The van der Waals surface area contributed by atoms with Crippen molar-refractivity contribution < 1.29 is 9.84 Å². The molecule has 96 valence electrons. The molecule has 0 aromatic carbocycles. The van der Waals surface area contributed by atoms with E-state index in [9.17, 15) is 5.11 Å². The van der Waals surface area contributed by atoms with Crippen molar-refractivity contribution in [2.45, 2.75) is 64.4 Å². The summed E-state index contributed by atoms with van der Waals surface area (Å²) >= 11 is 0. The van der Waals surface area contributed by atoms with Gasteiger partial charge in [-0.25, -0.2) is 4.68 Å². The number of ether oxygens (including phenoxy) is 1. The van der Waals surface area contributed by atoms with Gasteiger partial charge in [-0.15, -0.1) is 5.10 Å². The van der Waals surface area contributed by atoms with Crippen LogP contribution in [0, 0.1) is 0 Å². The fourth-order valence-corrected chi connectivity index (χ4v) is 2.73. The van der Waals surface area contributed by atoms with Gasteiger partial charge in [0.25, 0.3) is 0 Å². The van der Waals surface area contributed by atoms with Crippen LogP contribution in [0.3, 0.4) is 0 Å². The van der Waals surface area contributed by atoms with Crippen molar-refractivity contribution in [3.05, 3.63) is 11.9 Å². The molecule has 0 radical (unpaired) electrons. The van der Waals surface area contributed by atoms with Crippen molar-refractivity contribution >= 4 is 0 Å². The summed E-state index contributed by atoms with van der Waals surface area (Å²) in [6.45, 7) is 6.87. The molecule has 1 aromatic rings. The van der Waals surface area contributed by atoms with Crippen LogP contribution in [-0.2, 0) is 16.9 Å². The molecule has 17 heavy (non-hydrogen) atoms. The summed E-state index contributed by atoms with van der Waals surface area (Å²) in [6.07, 6.45) is 4.00. The molecule has 0 saturated carbocycles. The molecule has 5 nitrogen and oxygen atoms in total. The highest BCUT2D eigenvalue weighted by molar-refractivity contribution is 5.10. The van der Waals surface area contributed by atoms with Gasteiger partial charge in [0, 0.05) is 19.4 Å². The zero-order valence-corrected chi connectivity index (χ0v) is 10.8. The predicted molar refractivity (Wildman–Crippen MR) is 63.5 cm³/mol. The van der Waals surface area contributed by atoms with E-state index >= 15 is 0 Å². The third-order valence-corrected chi connectivity index (χ3v) is 3.24. The van der Waals surface area contributed by atoms with Gasteiger partial charge in [0.05, 0.1) is 24.1 Å². The smallest absolute Gasteiger partial charge is 0.113 e. The van der Waals surface area contributed by atoms with E-state index in [0.717, 1.165) is 18.7 Å². The molecule has 2 heterocycles. The van der Waals surface area contributed by atoms with Gasteiger partial charge in [-0.2, -0.15) is 0 Å². The molecule has 1 saturated heterocycles. The van der Waals surface area contributed by atoms with Crippen molar-refractivity contribution in [2.75, 3.05) is 0 Å². The summed E-state index contributed by atoms with van der Waals surface area (Å²) < 4.78 is 7.48. The number of aromatic nitrogens is 3. The SMILES string of the molecule is CCCn1nncc1C1(O)CC(C)OC(C)C1. The summed E-state index contributed by atoms with van der Waals surface area (Å²) in [4.78, 5) is 0. The van der Waals surface area contributed by atoms with Crippen molar-refractivity contribution in [2.24, 2.45) is 0 Å². The zero-order valence-electron chi connectivity index (χ0n) is 10.8. The number of aryl methyl sites for hydroxylation is 1. The monoisotopic (exact) mass is 239 g/mol. The van der Waals surface area contributed by atoms with Crippen LogP contribution in [0.1, 0.15) is 45.7 Å². The Morgan fingerprint density at radius 3 is 2.71 bits per heavy atom. The summed E-state index contributed by atoms with van der Waals surface area (Å²) in [6, 6.07) is 0. The van der Waals surface area contributed by atoms with Gasteiger partial charge in [0.15, 0.2) is 0 Å². The van der Waals surface area contributed by atoms with Crippen LogP contribution in [0.15, 0.2) is 6.20 Å². The topological polar surface area (TPSA) is 60.2 Å². The van der Waals surface area contributed by atoms with Crippen LogP contribution in [0.2, 0.25) is 0 Å². The normalized spacial score (nSPS) is 33.9. The van der Waals surface area contributed by atoms with E-state index in [4.69, 9.17) is 4.74 Å². The minimum absolute atomic E-state index is 0.0636. The van der Waals surface area contributed by atoms with Gasteiger partial charge in [-0.05, 0) is 20.3 Å². The molecule has 0 aliphatic carbocycles. The zero-order chi connectivity index (χ0) is 12.5. The first-order valence-corrected chi connectivity index (χ1v) is 6.32. The molecule has 0 bridgehead atoms. The van der Waals surface area contributed by atoms with Crippen LogP contribution < -0.4 is 0 Å². The molecule has 2 unspecified atom stereocenters. The van der Waals surface area contributed by atoms with Crippen LogP contribution in [0.5, 0.6) is 0 Å². The molecular formula is C12H21N3O2. The van der Waals surface area contributed by atoms with Gasteiger partial charge in [-0.1, -0.05) is 12.1 Å². The Morgan fingerprint density at radius 2 is 2.12 bits per heavy atom. The second kappa shape index (κ2) is 4.74. The number of rotatable bonds is 3. The van der Waals surface area contributed by atoms with Gasteiger partial charge >= 0.3 is 0 Å². The van der Waals surface area contributed by atoms with Crippen LogP contribution >= 0.6 is 0 Å². The number of aliphatic hydroxyl groups is 1. The molecule has 0 spiro atoms. The summed E-state index contributed by atoms with van der Waals surface area (Å²) in [5.74, 6) is 0. The molecule has 0 amide bonds. The molecular weight excluding hydrogens is 218 g/mol. The maximum atomic E-state index is 10.8. The van der Waals surface area contributed by atoms with Gasteiger partial charge in [-0.3, -0.25) is 0 Å². The lowest BCUT2D eigenvalue weighted by molar-refractivity contribution is -0.139. The Balaban J connectivity index is 2.26. The summed E-state index contributed by atoms with van der Waals surface area (Å²) in [5, 5.41) is 18.8. The highest BCUT2D eigenvalue weighted by Gasteiger charge is 2.40. The molecule has 1 fully saturated rings.